The van der Waals surface area contributed by atoms with Gasteiger partial charge in [-0.3, -0.25) is 19.5 Å². The molecule has 0 aliphatic carbocycles. The predicted molar refractivity (Wildman–Crippen MR) is 60.8 cm³/mol. The highest BCUT2D eigenvalue weighted by atomic mass is 16.5. The van der Waals surface area contributed by atoms with E-state index >= 15 is 0 Å². The van der Waals surface area contributed by atoms with Gasteiger partial charge in [-0.05, 0) is 0 Å². The van der Waals surface area contributed by atoms with E-state index < -0.39 is 17.9 Å². The molecule has 2 rings (SSSR count). The van der Waals surface area contributed by atoms with E-state index in [1.165, 1.54) is 18.3 Å². The number of hydrogen-bond acceptors (Lipinski definition) is 6. The van der Waals surface area contributed by atoms with Crippen LogP contribution in [0.2, 0.25) is 0 Å². The number of methoxy groups -OCH3 is 1. The number of nitrogens with one attached hydrogen (secondary N) is 2. The van der Waals surface area contributed by atoms with Crippen molar-refractivity contribution in [3.8, 4) is 0 Å². The Labute approximate surface area is 108 Å². The van der Waals surface area contributed by atoms with E-state index in [1.54, 1.807) is 0 Å². The van der Waals surface area contributed by atoms with Gasteiger partial charge in [0.05, 0.1) is 13.5 Å². The van der Waals surface area contributed by atoms with Crippen LogP contribution >= 0.6 is 0 Å². The standard InChI is InChI=1S/C10H13N5O4/c1-19-7(16)4-6-9(17)11-2-3-15(6)10(18)8-12-5-13-14-8/h5-6H,2-4H2,1H3,(H,11,17)(H,12,13,14). The van der Waals surface area contributed by atoms with Crippen LogP contribution in [-0.2, 0) is 14.3 Å². The quantitative estimate of drug-likeness (QED) is 0.631. The maximum absolute atomic E-state index is 12.1. The second-order valence-electron chi connectivity index (χ2n) is 3.92. The largest absolute Gasteiger partial charge is 0.469 e. The molecule has 1 aromatic heterocycles. The Kier molecular flexibility index (Phi) is 3.74. The summed E-state index contributed by atoms with van der Waals surface area (Å²) in [4.78, 5) is 40.3. The summed E-state index contributed by atoms with van der Waals surface area (Å²) in [6, 6.07) is -0.890. The summed E-state index contributed by atoms with van der Waals surface area (Å²) < 4.78 is 4.53. The smallest absolute Gasteiger partial charge is 0.308 e. The molecule has 1 unspecified atom stereocenters. The van der Waals surface area contributed by atoms with Gasteiger partial charge < -0.3 is 15.0 Å². The number of amides is 2. The van der Waals surface area contributed by atoms with Gasteiger partial charge in [-0.15, -0.1) is 0 Å². The number of ether oxygens (including phenoxy) is 1. The van der Waals surface area contributed by atoms with Gasteiger partial charge in [-0.25, -0.2) is 4.98 Å². The van der Waals surface area contributed by atoms with Crippen molar-refractivity contribution >= 4 is 17.8 Å². The fraction of sp³-hybridized carbons (Fsp3) is 0.500. The Morgan fingerprint density at radius 3 is 3.00 bits per heavy atom. The lowest BCUT2D eigenvalue weighted by Crippen LogP contribution is -2.58. The molecule has 9 heteroatoms. The molecule has 1 saturated heterocycles. The van der Waals surface area contributed by atoms with Crippen molar-refractivity contribution in [1.29, 1.82) is 0 Å². The van der Waals surface area contributed by atoms with E-state index in [2.05, 4.69) is 25.2 Å². The highest BCUT2D eigenvalue weighted by Gasteiger charge is 2.36. The lowest BCUT2D eigenvalue weighted by Gasteiger charge is -2.33. The highest BCUT2D eigenvalue weighted by molar-refractivity contribution is 5.97. The number of piperazine rings is 1. The zero-order valence-electron chi connectivity index (χ0n) is 10.3. The van der Waals surface area contributed by atoms with Crippen LogP contribution in [0.15, 0.2) is 6.33 Å². The predicted octanol–water partition coefficient (Wildman–Crippen LogP) is -1.69. The molecule has 1 aliphatic heterocycles. The third-order valence-electron chi connectivity index (χ3n) is 2.80. The van der Waals surface area contributed by atoms with E-state index in [0.29, 0.717) is 13.1 Å². The summed E-state index contributed by atoms with van der Waals surface area (Å²) in [5, 5.41) is 8.63. The topological polar surface area (TPSA) is 117 Å². The number of aromatic nitrogens is 3. The van der Waals surface area contributed by atoms with Gasteiger partial charge >= 0.3 is 5.97 Å². The van der Waals surface area contributed by atoms with Crippen LogP contribution < -0.4 is 5.32 Å². The summed E-state index contributed by atoms with van der Waals surface area (Å²) in [6.07, 6.45) is 1.01. The first-order valence-electron chi connectivity index (χ1n) is 5.64. The fourth-order valence-electron chi connectivity index (χ4n) is 1.85. The van der Waals surface area contributed by atoms with Crippen LogP contribution in [0, 0.1) is 0 Å². The number of carbonyl (C=O) groups excluding carboxylic acids is 3. The monoisotopic (exact) mass is 267 g/mol. The number of esters is 1. The summed E-state index contributed by atoms with van der Waals surface area (Å²) in [7, 11) is 1.23. The Bertz CT molecular complexity index is 486. The number of aromatic amines is 1. The molecular formula is C10H13N5O4. The number of carbonyl (C=O) groups is 3. The first-order valence-corrected chi connectivity index (χ1v) is 5.64. The second kappa shape index (κ2) is 5.46. The molecular weight excluding hydrogens is 254 g/mol. The molecule has 0 saturated carbocycles. The first kappa shape index (κ1) is 13.0. The zero-order valence-corrected chi connectivity index (χ0v) is 10.3. The molecule has 1 fully saturated rings. The summed E-state index contributed by atoms with van der Waals surface area (Å²) in [6.45, 7) is 0.628. The Balaban J connectivity index is 2.17. The van der Waals surface area contributed by atoms with E-state index in [4.69, 9.17) is 0 Å². The van der Waals surface area contributed by atoms with Crippen LogP contribution in [0.1, 0.15) is 17.0 Å². The molecule has 9 nitrogen and oxygen atoms in total. The van der Waals surface area contributed by atoms with Gasteiger partial charge in [0.25, 0.3) is 5.91 Å². The highest BCUT2D eigenvalue weighted by Crippen LogP contribution is 2.12. The second-order valence-corrected chi connectivity index (χ2v) is 3.92. The van der Waals surface area contributed by atoms with Crippen molar-refractivity contribution in [3.05, 3.63) is 12.2 Å². The molecule has 102 valence electrons. The zero-order chi connectivity index (χ0) is 13.8. The molecule has 1 aliphatic rings. The van der Waals surface area contributed by atoms with Gasteiger partial charge in [0.2, 0.25) is 11.7 Å². The first-order chi connectivity index (χ1) is 9.13. The normalized spacial score (nSPS) is 18.9. The molecule has 0 radical (unpaired) electrons. The third-order valence-corrected chi connectivity index (χ3v) is 2.80. The number of rotatable bonds is 3. The molecule has 2 amide bonds. The van der Waals surface area contributed by atoms with Crippen LogP contribution in [-0.4, -0.2) is 64.1 Å². The minimum atomic E-state index is -0.890. The van der Waals surface area contributed by atoms with Crippen molar-refractivity contribution in [3.63, 3.8) is 0 Å². The van der Waals surface area contributed by atoms with Crippen molar-refractivity contribution in [2.75, 3.05) is 20.2 Å². The summed E-state index contributed by atoms with van der Waals surface area (Å²) in [5.41, 5.74) is 0. The van der Waals surface area contributed by atoms with E-state index in [9.17, 15) is 14.4 Å². The van der Waals surface area contributed by atoms with Crippen LogP contribution in [0.5, 0.6) is 0 Å². The van der Waals surface area contributed by atoms with Gasteiger partial charge in [0, 0.05) is 13.1 Å². The lowest BCUT2D eigenvalue weighted by atomic mass is 10.1. The minimum absolute atomic E-state index is 0.0320. The third kappa shape index (κ3) is 2.69. The molecule has 0 bridgehead atoms. The van der Waals surface area contributed by atoms with Crippen LogP contribution in [0.4, 0.5) is 0 Å². The SMILES string of the molecule is COC(=O)CC1C(=O)NCCN1C(=O)c1ncn[nH]1. The van der Waals surface area contributed by atoms with Crippen molar-refractivity contribution in [2.45, 2.75) is 12.5 Å². The fourth-order valence-corrected chi connectivity index (χ4v) is 1.85. The molecule has 2 heterocycles. The van der Waals surface area contributed by atoms with E-state index in [1.807, 2.05) is 0 Å². The molecule has 19 heavy (non-hydrogen) atoms. The average Bonchev–Trinajstić information content (AvgIpc) is 2.94. The molecule has 0 aromatic carbocycles. The Morgan fingerprint density at radius 2 is 2.37 bits per heavy atom. The van der Waals surface area contributed by atoms with Crippen molar-refractivity contribution in [1.82, 2.24) is 25.4 Å². The summed E-state index contributed by atoms with van der Waals surface area (Å²) >= 11 is 0. The van der Waals surface area contributed by atoms with E-state index in [-0.39, 0.29) is 18.2 Å². The molecule has 0 spiro atoms. The van der Waals surface area contributed by atoms with Crippen molar-refractivity contribution < 1.29 is 19.1 Å². The number of H-pyrrole nitrogens is 1. The van der Waals surface area contributed by atoms with E-state index in [0.717, 1.165) is 0 Å². The number of nitrogens with zero attached hydrogens (tertiary/aromatic N) is 3. The molecule has 2 N–H and O–H groups in total. The maximum Gasteiger partial charge on any atom is 0.308 e. The van der Waals surface area contributed by atoms with Crippen molar-refractivity contribution in [2.24, 2.45) is 0 Å². The van der Waals surface area contributed by atoms with Gasteiger partial charge in [-0.1, -0.05) is 0 Å². The van der Waals surface area contributed by atoms with Gasteiger partial charge in [-0.2, -0.15) is 5.10 Å². The van der Waals surface area contributed by atoms with Gasteiger partial charge in [0.15, 0.2) is 0 Å². The Hall–Kier alpha value is -2.45. The van der Waals surface area contributed by atoms with Crippen LogP contribution in [0.3, 0.4) is 0 Å². The summed E-state index contributed by atoms with van der Waals surface area (Å²) in [5.74, 6) is -1.38. The average molecular weight is 267 g/mol. The minimum Gasteiger partial charge on any atom is -0.469 e. The number of hydrogen-bond donors (Lipinski definition) is 2. The molecule has 1 aromatic rings. The molecule has 1 atom stereocenters. The van der Waals surface area contributed by atoms with Gasteiger partial charge in [0.1, 0.15) is 12.4 Å². The maximum atomic E-state index is 12.1. The lowest BCUT2D eigenvalue weighted by molar-refractivity contribution is -0.145. The van der Waals surface area contributed by atoms with Crippen LogP contribution in [0.25, 0.3) is 0 Å². The Morgan fingerprint density at radius 1 is 1.58 bits per heavy atom.